The Bertz CT molecular complexity index is 437. The number of nitrogens with zero attached hydrogens (tertiary/aromatic N) is 2. The largest absolute Gasteiger partial charge is 0.497 e. The monoisotopic (exact) mass is 190 g/mol. The molecule has 72 valence electrons. The number of hydrogen-bond donors (Lipinski definition) is 0. The predicted molar refractivity (Wildman–Crippen MR) is 51.0 cm³/mol. The molecule has 2 aromatic rings. The maximum absolute atomic E-state index is 5.29. The molecule has 4 nitrogen and oxygen atoms in total. The van der Waals surface area contributed by atoms with Gasteiger partial charge in [0.1, 0.15) is 5.75 Å². The van der Waals surface area contributed by atoms with Crippen LogP contribution in [0.2, 0.25) is 0 Å². The summed E-state index contributed by atoms with van der Waals surface area (Å²) < 4.78 is 10.4. The molecule has 0 N–H and O–H groups in total. The Labute approximate surface area is 81.5 Å². The SMILES string of the molecule is COc1cccc(-c2nnc(C)o2)c1. The summed E-state index contributed by atoms with van der Waals surface area (Å²) >= 11 is 0. The van der Waals surface area contributed by atoms with E-state index in [2.05, 4.69) is 10.2 Å². The van der Waals surface area contributed by atoms with Crippen LogP contribution in [0, 0.1) is 6.92 Å². The van der Waals surface area contributed by atoms with Crippen molar-refractivity contribution < 1.29 is 9.15 Å². The fourth-order valence-electron chi connectivity index (χ4n) is 1.17. The van der Waals surface area contributed by atoms with Gasteiger partial charge in [-0.2, -0.15) is 0 Å². The molecule has 1 aromatic heterocycles. The van der Waals surface area contributed by atoms with E-state index in [9.17, 15) is 0 Å². The molecule has 0 atom stereocenters. The van der Waals surface area contributed by atoms with Crippen LogP contribution in [0.4, 0.5) is 0 Å². The molecule has 0 aliphatic heterocycles. The minimum atomic E-state index is 0.515. The van der Waals surface area contributed by atoms with Crippen LogP contribution in [-0.2, 0) is 0 Å². The zero-order valence-corrected chi connectivity index (χ0v) is 8.02. The van der Waals surface area contributed by atoms with E-state index < -0.39 is 0 Å². The number of rotatable bonds is 2. The number of benzene rings is 1. The fourth-order valence-corrected chi connectivity index (χ4v) is 1.17. The third kappa shape index (κ3) is 1.59. The Hall–Kier alpha value is -1.84. The van der Waals surface area contributed by atoms with Crippen molar-refractivity contribution in [1.82, 2.24) is 10.2 Å². The second kappa shape index (κ2) is 3.49. The molecule has 0 aliphatic carbocycles. The summed E-state index contributed by atoms with van der Waals surface area (Å²) in [6, 6.07) is 7.50. The lowest BCUT2D eigenvalue weighted by Crippen LogP contribution is -1.83. The van der Waals surface area contributed by atoms with Gasteiger partial charge in [-0.3, -0.25) is 0 Å². The van der Waals surface area contributed by atoms with Crippen molar-refractivity contribution in [1.29, 1.82) is 0 Å². The summed E-state index contributed by atoms with van der Waals surface area (Å²) in [7, 11) is 1.62. The van der Waals surface area contributed by atoms with Crippen LogP contribution in [0.25, 0.3) is 11.5 Å². The standard InChI is InChI=1S/C10H10N2O2/c1-7-11-12-10(14-7)8-4-3-5-9(6-8)13-2/h3-6H,1-2H3. The minimum Gasteiger partial charge on any atom is -0.497 e. The van der Waals surface area contributed by atoms with Gasteiger partial charge in [-0.1, -0.05) is 6.07 Å². The highest BCUT2D eigenvalue weighted by Crippen LogP contribution is 2.22. The molecular formula is C10H10N2O2. The first-order valence-corrected chi connectivity index (χ1v) is 4.24. The van der Waals surface area contributed by atoms with E-state index in [1.54, 1.807) is 14.0 Å². The van der Waals surface area contributed by atoms with Gasteiger partial charge in [0.05, 0.1) is 7.11 Å². The topological polar surface area (TPSA) is 48.2 Å². The first-order valence-electron chi connectivity index (χ1n) is 4.24. The molecule has 0 spiro atoms. The molecule has 0 aliphatic rings. The summed E-state index contributed by atoms with van der Waals surface area (Å²) in [5, 5.41) is 7.68. The van der Waals surface area contributed by atoms with E-state index in [1.807, 2.05) is 24.3 Å². The molecule has 0 unspecified atom stereocenters. The third-order valence-corrected chi connectivity index (χ3v) is 1.84. The highest BCUT2D eigenvalue weighted by atomic mass is 16.5. The second-order valence-corrected chi connectivity index (χ2v) is 2.86. The van der Waals surface area contributed by atoms with E-state index in [0.29, 0.717) is 11.8 Å². The van der Waals surface area contributed by atoms with Crippen molar-refractivity contribution in [3.05, 3.63) is 30.2 Å². The van der Waals surface area contributed by atoms with Gasteiger partial charge in [0.25, 0.3) is 0 Å². The molecule has 1 heterocycles. The van der Waals surface area contributed by atoms with Crippen molar-refractivity contribution in [2.45, 2.75) is 6.92 Å². The van der Waals surface area contributed by atoms with Crippen LogP contribution in [0.5, 0.6) is 5.75 Å². The van der Waals surface area contributed by atoms with Crippen LogP contribution in [0.15, 0.2) is 28.7 Å². The van der Waals surface area contributed by atoms with Crippen molar-refractivity contribution in [2.75, 3.05) is 7.11 Å². The second-order valence-electron chi connectivity index (χ2n) is 2.86. The highest BCUT2D eigenvalue weighted by molar-refractivity contribution is 5.55. The van der Waals surface area contributed by atoms with Gasteiger partial charge in [0.15, 0.2) is 0 Å². The number of aryl methyl sites for hydroxylation is 1. The molecule has 0 bridgehead atoms. The molecule has 1 aromatic carbocycles. The normalized spacial score (nSPS) is 10.1. The van der Waals surface area contributed by atoms with Crippen LogP contribution >= 0.6 is 0 Å². The van der Waals surface area contributed by atoms with E-state index in [4.69, 9.17) is 9.15 Å². The highest BCUT2D eigenvalue weighted by Gasteiger charge is 2.05. The molecule has 14 heavy (non-hydrogen) atoms. The smallest absolute Gasteiger partial charge is 0.247 e. The Morgan fingerprint density at radius 1 is 1.29 bits per heavy atom. The molecule has 0 saturated heterocycles. The van der Waals surface area contributed by atoms with E-state index in [1.165, 1.54) is 0 Å². The van der Waals surface area contributed by atoms with Gasteiger partial charge < -0.3 is 9.15 Å². The van der Waals surface area contributed by atoms with Crippen LogP contribution in [0.3, 0.4) is 0 Å². The first kappa shape index (κ1) is 8.74. The summed E-state index contributed by atoms with van der Waals surface area (Å²) in [5.74, 6) is 1.85. The summed E-state index contributed by atoms with van der Waals surface area (Å²) in [5.41, 5.74) is 0.866. The van der Waals surface area contributed by atoms with Crippen LogP contribution in [-0.4, -0.2) is 17.3 Å². The predicted octanol–water partition coefficient (Wildman–Crippen LogP) is 2.05. The Kier molecular flexibility index (Phi) is 2.18. The lowest BCUT2D eigenvalue weighted by atomic mass is 10.2. The van der Waals surface area contributed by atoms with E-state index >= 15 is 0 Å². The lowest BCUT2D eigenvalue weighted by molar-refractivity contribution is 0.414. The van der Waals surface area contributed by atoms with Crippen LogP contribution in [0.1, 0.15) is 5.89 Å². The molecule has 0 radical (unpaired) electrons. The van der Waals surface area contributed by atoms with Gasteiger partial charge in [0, 0.05) is 12.5 Å². The van der Waals surface area contributed by atoms with Gasteiger partial charge in [-0.05, 0) is 18.2 Å². The lowest BCUT2D eigenvalue weighted by Gasteiger charge is -1.99. The molecule has 0 saturated carbocycles. The molecule has 0 fully saturated rings. The maximum atomic E-state index is 5.29. The summed E-state index contributed by atoms with van der Waals surface area (Å²) in [6.07, 6.45) is 0. The first-order chi connectivity index (χ1) is 6.79. The Morgan fingerprint density at radius 3 is 2.79 bits per heavy atom. The van der Waals surface area contributed by atoms with Gasteiger partial charge in [0.2, 0.25) is 11.8 Å². The fraction of sp³-hybridized carbons (Fsp3) is 0.200. The number of ether oxygens (including phenoxy) is 1. The average Bonchev–Trinajstić information content (AvgIpc) is 2.65. The van der Waals surface area contributed by atoms with Gasteiger partial charge in [-0.15, -0.1) is 10.2 Å². The molecule has 4 heteroatoms. The Balaban J connectivity index is 2.41. The van der Waals surface area contributed by atoms with Crippen molar-refractivity contribution in [3.63, 3.8) is 0 Å². The van der Waals surface area contributed by atoms with Crippen molar-refractivity contribution in [2.24, 2.45) is 0 Å². The molecular weight excluding hydrogens is 180 g/mol. The number of hydrogen-bond acceptors (Lipinski definition) is 4. The summed E-state index contributed by atoms with van der Waals surface area (Å²) in [4.78, 5) is 0. The quantitative estimate of drug-likeness (QED) is 0.727. The molecule has 2 rings (SSSR count). The summed E-state index contributed by atoms with van der Waals surface area (Å²) in [6.45, 7) is 1.76. The van der Waals surface area contributed by atoms with Gasteiger partial charge >= 0.3 is 0 Å². The average molecular weight is 190 g/mol. The van der Waals surface area contributed by atoms with Crippen molar-refractivity contribution in [3.8, 4) is 17.2 Å². The maximum Gasteiger partial charge on any atom is 0.247 e. The molecule has 0 amide bonds. The zero-order chi connectivity index (χ0) is 9.97. The van der Waals surface area contributed by atoms with Crippen LogP contribution < -0.4 is 4.74 Å². The Morgan fingerprint density at radius 2 is 2.14 bits per heavy atom. The number of aromatic nitrogens is 2. The zero-order valence-electron chi connectivity index (χ0n) is 8.02. The minimum absolute atomic E-state index is 0.515. The van der Waals surface area contributed by atoms with E-state index in [0.717, 1.165) is 11.3 Å². The number of methoxy groups -OCH3 is 1. The van der Waals surface area contributed by atoms with Gasteiger partial charge in [-0.25, -0.2) is 0 Å². The third-order valence-electron chi connectivity index (χ3n) is 1.84. The van der Waals surface area contributed by atoms with E-state index in [-0.39, 0.29) is 0 Å². The van der Waals surface area contributed by atoms with Crippen molar-refractivity contribution >= 4 is 0 Å².